The Morgan fingerprint density at radius 1 is 1.29 bits per heavy atom. The van der Waals surface area contributed by atoms with Crippen molar-refractivity contribution in [1.82, 2.24) is 0 Å². The molecule has 2 nitrogen and oxygen atoms in total. The predicted molar refractivity (Wildman–Crippen MR) is 57.3 cm³/mol. The highest BCUT2D eigenvalue weighted by atomic mass is 16.3. The average molecular weight is 191 g/mol. The number of benzene rings is 1. The van der Waals surface area contributed by atoms with Crippen molar-refractivity contribution in [3.63, 3.8) is 0 Å². The monoisotopic (exact) mass is 191 g/mol. The fraction of sp³-hybridized carbons (Fsp3) is 0.500. The van der Waals surface area contributed by atoms with Gasteiger partial charge in [-0.15, -0.1) is 0 Å². The van der Waals surface area contributed by atoms with E-state index in [0.717, 1.165) is 24.0 Å². The topological polar surface area (TPSA) is 46.2 Å². The summed E-state index contributed by atoms with van der Waals surface area (Å²) in [6.45, 7) is 4.24. The standard InChI is InChI=1S/C12H17NO/c1-8(2)9-5-10(7-11(14)6-9)12(13)3-4-12/h5-8,14H,3-4,13H2,1-2H3. The number of nitrogens with two attached hydrogens (primary N) is 1. The first-order valence-electron chi connectivity index (χ1n) is 5.14. The third-order valence-corrected chi connectivity index (χ3v) is 2.97. The summed E-state index contributed by atoms with van der Waals surface area (Å²) in [6.07, 6.45) is 2.07. The van der Waals surface area contributed by atoms with E-state index in [-0.39, 0.29) is 5.54 Å². The van der Waals surface area contributed by atoms with Crippen molar-refractivity contribution >= 4 is 0 Å². The molecule has 1 aliphatic carbocycles. The number of phenolic OH excluding ortho intramolecular Hbond substituents is 1. The lowest BCUT2D eigenvalue weighted by Gasteiger charge is -2.13. The lowest BCUT2D eigenvalue weighted by atomic mass is 9.96. The van der Waals surface area contributed by atoms with Crippen molar-refractivity contribution in [3.05, 3.63) is 29.3 Å². The number of aromatic hydroxyl groups is 1. The van der Waals surface area contributed by atoms with Crippen molar-refractivity contribution in [2.24, 2.45) is 5.73 Å². The molecule has 0 heterocycles. The molecule has 0 aromatic heterocycles. The molecule has 1 aromatic rings. The van der Waals surface area contributed by atoms with E-state index >= 15 is 0 Å². The van der Waals surface area contributed by atoms with Crippen molar-refractivity contribution in [3.8, 4) is 5.75 Å². The van der Waals surface area contributed by atoms with Crippen LogP contribution in [0.3, 0.4) is 0 Å². The van der Waals surface area contributed by atoms with E-state index in [1.165, 1.54) is 0 Å². The van der Waals surface area contributed by atoms with Gasteiger partial charge in [0, 0.05) is 5.54 Å². The maximum absolute atomic E-state index is 9.58. The molecule has 0 radical (unpaired) electrons. The molecule has 2 heteroatoms. The van der Waals surface area contributed by atoms with Crippen LogP contribution in [0.4, 0.5) is 0 Å². The van der Waals surface area contributed by atoms with Crippen molar-refractivity contribution in [2.45, 2.75) is 38.1 Å². The second-order valence-corrected chi connectivity index (χ2v) is 4.62. The summed E-state index contributed by atoms with van der Waals surface area (Å²) >= 11 is 0. The van der Waals surface area contributed by atoms with E-state index in [0.29, 0.717) is 11.7 Å². The maximum atomic E-state index is 9.58. The van der Waals surface area contributed by atoms with Crippen LogP contribution < -0.4 is 5.73 Å². The fourth-order valence-corrected chi connectivity index (χ4v) is 1.68. The number of phenols is 1. The molecule has 0 spiro atoms. The zero-order valence-electron chi connectivity index (χ0n) is 8.75. The molecule has 1 aromatic carbocycles. The van der Waals surface area contributed by atoms with E-state index < -0.39 is 0 Å². The zero-order chi connectivity index (χ0) is 10.3. The molecular formula is C12H17NO. The number of hydrogen-bond acceptors (Lipinski definition) is 2. The van der Waals surface area contributed by atoms with Crippen LogP contribution in [0.5, 0.6) is 5.75 Å². The lowest BCUT2D eigenvalue weighted by molar-refractivity contribution is 0.472. The summed E-state index contributed by atoms with van der Waals surface area (Å²) in [5.74, 6) is 0.770. The minimum absolute atomic E-state index is 0.150. The summed E-state index contributed by atoms with van der Waals surface area (Å²) in [5.41, 5.74) is 8.19. The highest BCUT2D eigenvalue weighted by Crippen LogP contribution is 2.44. The first kappa shape index (κ1) is 9.53. The molecule has 0 aliphatic heterocycles. The van der Waals surface area contributed by atoms with Crippen LogP contribution in [-0.2, 0) is 5.54 Å². The van der Waals surface area contributed by atoms with E-state index in [4.69, 9.17) is 5.73 Å². The summed E-state index contributed by atoms with van der Waals surface area (Å²) < 4.78 is 0. The average Bonchev–Trinajstić information content (AvgIpc) is 2.84. The van der Waals surface area contributed by atoms with Gasteiger partial charge in [0.05, 0.1) is 0 Å². The van der Waals surface area contributed by atoms with E-state index in [9.17, 15) is 5.11 Å². The summed E-state index contributed by atoms with van der Waals surface area (Å²) in [7, 11) is 0. The minimum atomic E-state index is -0.150. The Labute approximate surface area is 84.7 Å². The van der Waals surface area contributed by atoms with Gasteiger partial charge in [0.1, 0.15) is 5.75 Å². The van der Waals surface area contributed by atoms with Gasteiger partial charge in [0.2, 0.25) is 0 Å². The lowest BCUT2D eigenvalue weighted by Crippen LogP contribution is -2.18. The highest BCUT2D eigenvalue weighted by Gasteiger charge is 2.40. The second kappa shape index (κ2) is 2.99. The van der Waals surface area contributed by atoms with Gasteiger partial charge in [0.25, 0.3) is 0 Å². The van der Waals surface area contributed by atoms with Crippen molar-refractivity contribution < 1.29 is 5.11 Å². The van der Waals surface area contributed by atoms with Crippen molar-refractivity contribution in [1.29, 1.82) is 0 Å². The van der Waals surface area contributed by atoms with Gasteiger partial charge in [-0.1, -0.05) is 19.9 Å². The predicted octanol–water partition coefficient (Wildman–Crippen LogP) is 2.46. The normalized spacial score (nSPS) is 18.6. The van der Waals surface area contributed by atoms with Crippen LogP contribution in [0.15, 0.2) is 18.2 Å². The first-order valence-corrected chi connectivity index (χ1v) is 5.14. The number of rotatable bonds is 2. The molecule has 3 N–H and O–H groups in total. The molecular weight excluding hydrogens is 174 g/mol. The van der Waals surface area contributed by atoms with Crippen LogP contribution in [0.25, 0.3) is 0 Å². The van der Waals surface area contributed by atoms with E-state index in [2.05, 4.69) is 19.9 Å². The van der Waals surface area contributed by atoms with Gasteiger partial charge >= 0.3 is 0 Å². The molecule has 76 valence electrons. The van der Waals surface area contributed by atoms with Gasteiger partial charge in [0.15, 0.2) is 0 Å². The molecule has 1 aliphatic rings. The van der Waals surface area contributed by atoms with Crippen molar-refractivity contribution in [2.75, 3.05) is 0 Å². The Hall–Kier alpha value is -1.02. The summed E-state index contributed by atoms with van der Waals surface area (Å²) in [4.78, 5) is 0. The Kier molecular flexibility index (Phi) is 2.04. The van der Waals surface area contributed by atoms with Crippen LogP contribution in [0.2, 0.25) is 0 Å². The van der Waals surface area contributed by atoms with Crippen LogP contribution in [0, 0.1) is 0 Å². The molecule has 14 heavy (non-hydrogen) atoms. The van der Waals surface area contributed by atoms with Gasteiger partial charge < -0.3 is 10.8 Å². The molecule has 0 bridgehead atoms. The highest BCUT2D eigenvalue weighted by molar-refractivity contribution is 5.40. The Balaban J connectivity index is 2.42. The van der Waals surface area contributed by atoms with Gasteiger partial charge in [-0.3, -0.25) is 0 Å². The van der Waals surface area contributed by atoms with Gasteiger partial charge in [-0.2, -0.15) is 0 Å². The summed E-state index contributed by atoms with van der Waals surface area (Å²) in [5, 5.41) is 9.58. The Morgan fingerprint density at radius 3 is 2.43 bits per heavy atom. The number of hydrogen-bond donors (Lipinski definition) is 2. The third-order valence-electron chi connectivity index (χ3n) is 2.97. The van der Waals surface area contributed by atoms with E-state index in [1.54, 1.807) is 6.07 Å². The van der Waals surface area contributed by atoms with Gasteiger partial charge in [-0.05, 0) is 42.0 Å². The van der Waals surface area contributed by atoms with Crippen LogP contribution in [0.1, 0.15) is 43.7 Å². The summed E-state index contributed by atoms with van der Waals surface area (Å²) in [6, 6.07) is 5.73. The molecule has 0 amide bonds. The second-order valence-electron chi connectivity index (χ2n) is 4.62. The molecule has 1 fully saturated rings. The minimum Gasteiger partial charge on any atom is -0.508 e. The fourth-order valence-electron chi connectivity index (χ4n) is 1.68. The maximum Gasteiger partial charge on any atom is 0.116 e. The quantitative estimate of drug-likeness (QED) is 0.754. The smallest absolute Gasteiger partial charge is 0.116 e. The largest absolute Gasteiger partial charge is 0.508 e. The molecule has 0 atom stereocenters. The first-order chi connectivity index (χ1) is 6.51. The molecule has 0 saturated heterocycles. The van der Waals surface area contributed by atoms with E-state index in [1.807, 2.05) is 6.07 Å². The SMILES string of the molecule is CC(C)c1cc(O)cc(C2(N)CC2)c1. The van der Waals surface area contributed by atoms with Crippen LogP contribution >= 0.6 is 0 Å². The van der Waals surface area contributed by atoms with Crippen LogP contribution in [-0.4, -0.2) is 5.11 Å². The molecule has 0 unspecified atom stereocenters. The Bertz CT molecular complexity index is 353. The third kappa shape index (κ3) is 1.62. The van der Waals surface area contributed by atoms with Gasteiger partial charge in [-0.25, -0.2) is 0 Å². The molecule has 2 rings (SSSR count). The molecule has 1 saturated carbocycles. The Morgan fingerprint density at radius 2 is 1.93 bits per heavy atom. The zero-order valence-corrected chi connectivity index (χ0v) is 8.75.